The summed E-state index contributed by atoms with van der Waals surface area (Å²) in [6.45, 7) is 2.34. The lowest BCUT2D eigenvalue weighted by Gasteiger charge is -2.40. The summed E-state index contributed by atoms with van der Waals surface area (Å²) in [7, 11) is 1.75. The summed E-state index contributed by atoms with van der Waals surface area (Å²) in [6, 6.07) is 0.575. The lowest BCUT2D eigenvalue weighted by molar-refractivity contribution is 0.0230. The molecule has 12 heteroatoms. The van der Waals surface area contributed by atoms with E-state index in [0.717, 1.165) is 18.0 Å². The molecule has 3 aromatic rings. The van der Waals surface area contributed by atoms with Crippen molar-refractivity contribution in [3.05, 3.63) is 53.6 Å². The molecule has 170 valence electrons. The Bertz CT molecular complexity index is 1220. The zero-order valence-corrected chi connectivity index (χ0v) is 17.9. The fourth-order valence-corrected chi connectivity index (χ4v) is 3.87. The molecule has 5 heterocycles. The van der Waals surface area contributed by atoms with Gasteiger partial charge in [0.1, 0.15) is 17.6 Å². The predicted octanol–water partition coefficient (Wildman–Crippen LogP) is 2.47. The van der Waals surface area contributed by atoms with E-state index in [1.807, 2.05) is 6.92 Å². The first-order valence-electron chi connectivity index (χ1n) is 10.3. The van der Waals surface area contributed by atoms with Gasteiger partial charge in [-0.25, -0.2) is 19.2 Å². The summed E-state index contributed by atoms with van der Waals surface area (Å²) >= 11 is 0. The van der Waals surface area contributed by atoms with E-state index in [9.17, 15) is 13.6 Å². The number of carbonyl (C=O) groups is 1. The minimum atomic E-state index is -0.689. The zero-order chi connectivity index (χ0) is 23.1. The fraction of sp³-hybridized carbons (Fsp3) is 0.333. The van der Waals surface area contributed by atoms with E-state index >= 15 is 0 Å². The molecule has 10 nitrogen and oxygen atoms in total. The highest BCUT2D eigenvalue weighted by Gasteiger charge is 2.39. The van der Waals surface area contributed by atoms with Crippen LogP contribution < -0.4 is 4.74 Å². The number of hydrogen-bond acceptors (Lipinski definition) is 7. The van der Waals surface area contributed by atoms with E-state index in [1.165, 1.54) is 22.2 Å². The molecular weight excluding hydrogens is 434 g/mol. The molecule has 0 unspecified atom stereocenters. The minimum Gasteiger partial charge on any atom is -0.468 e. The van der Waals surface area contributed by atoms with E-state index in [2.05, 4.69) is 25.2 Å². The normalized spacial score (nSPS) is 18.0. The van der Waals surface area contributed by atoms with Gasteiger partial charge in [0.05, 0.1) is 37.7 Å². The Labute approximate surface area is 187 Å². The van der Waals surface area contributed by atoms with Gasteiger partial charge in [0.2, 0.25) is 5.82 Å². The number of ether oxygens (including phenoxy) is 1. The lowest BCUT2D eigenvalue weighted by Crippen LogP contribution is -2.59. The molecule has 0 bridgehead atoms. The molecule has 3 aromatic heterocycles. The second kappa shape index (κ2) is 8.19. The number of aryl methyl sites for hydroxylation is 2. The van der Waals surface area contributed by atoms with Crippen molar-refractivity contribution < 1.29 is 18.3 Å². The summed E-state index contributed by atoms with van der Waals surface area (Å²) in [5, 5.41) is 9.60. The predicted molar refractivity (Wildman–Crippen MR) is 112 cm³/mol. The maximum absolute atomic E-state index is 14.3. The van der Waals surface area contributed by atoms with Crippen molar-refractivity contribution in [2.24, 2.45) is 12.1 Å². The molecule has 2 aliphatic rings. The lowest BCUT2D eigenvalue weighted by atomic mass is 10.1. The number of hydrogen-bond donors (Lipinski definition) is 0. The van der Waals surface area contributed by atoms with Gasteiger partial charge in [0.25, 0.3) is 5.88 Å². The van der Waals surface area contributed by atoms with Crippen LogP contribution in [0.15, 0.2) is 36.0 Å². The molecule has 1 saturated heterocycles. The van der Waals surface area contributed by atoms with Crippen molar-refractivity contribution >= 4 is 12.2 Å². The Morgan fingerprint density at radius 2 is 2.00 bits per heavy atom. The van der Waals surface area contributed by atoms with Crippen LogP contribution in [0.2, 0.25) is 0 Å². The van der Waals surface area contributed by atoms with Gasteiger partial charge in [0.15, 0.2) is 5.82 Å². The van der Waals surface area contributed by atoms with Crippen LogP contribution in [0.4, 0.5) is 13.6 Å². The number of pyridine rings is 1. The third-order valence-corrected chi connectivity index (χ3v) is 5.58. The average Bonchev–Trinajstić information content (AvgIpc) is 3.38. The van der Waals surface area contributed by atoms with Gasteiger partial charge in [-0.05, 0) is 24.1 Å². The number of amides is 2. The number of carbonyl (C=O) groups excluding carboxylic acids is 1. The highest BCUT2D eigenvalue weighted by molar-refractivity contribution is 5.79. The molecule has 0 spiro atoms. The van der Waals surface area contributed by atoms with E-state index in [1.54, 1.807) is 24.1 Å². The van der Waals surface area contributed by atoms with Gasteiger partial charge >= 0.3 is 6.03 Å². The maximum atomic E-state index is 14.3. The molecule has 0 radical (unpaired) electrons. The van der Waals surface area contributed by atoms with Crippen LogP contribution in [0.1, 0.15) is 23.6 Å². The standard InChI is InChI=1S/C21H20F2N8O2/c1-12-6-27-29(2)18(12)19-25-9-16(23)20(28-19)33-15-10-30(11-15)21(32)31-17(3-4-26-31)13-5-14(22)8-24-7-13/h4-9,15,17H,3,10-11H2,1-2H3/t17-/m0/s1. The zero-order valence-electron chi connectivity index (χ0n) is 17.9. The summed E-state index contributed by atoms with van der Waals surface area (Å²) < 4.78 is 35.2. The highest BCUT2D eigenvalue weighted by atomic mass is 19.1. The van der Waals surface area contributed by atoms with Crippen molar-refractivity contribution in [3.63, 3.8) is 0 Å². The largest absolute Gasteiger partial charge is 0.468 e. The number of likely N-dealkylation sites (tertiary alicyclic amines) is 1. The van der Waals surface area contributed by atoms with Crippen molar-refractivity contribution in [2.75, 3.05) is 13.1 Å². The molecular formula is C21H20F2N8O2. The molecule has 33 heavy (non-hydrogen) atoms. The van der Waals surface area contributed by atoms with E-state index in [4.69, 9.17) is 4.74 Å². The fourth-order valence-electron chi connectivity index (χ4n) is 3.87. The van der Waals surface area contributed by atoms with Crippen LogP contribution in [-0.4, -0.2) is 66.1 Å². The van der Waals surface area contributed by atoms with Gasteiger partial charge in [-0.15, -0.1) is 0 Å². The first-order chi connectivity index (χ1) is 15.9. The van der Waals surface area contributed by atoms with Crippen LogP contribution in [0.3, 0.4) is 0 Å². The topological polar surface area (TPSA) is 102 Å². The minimum absolute atomic E-state index is 0.180. The monoisotopic (exact) mass is 454 g/mol. The number of aromatic nitrogens is 5. The van der Waals surface area contributed by atoms with Gasteiger partial charge in [0, 0.05) is 25.9 Å². The Balaban J connectivity index is 1.24. The van der Waals surface area contributed by atoms with Gasteiger partial charge in [-0.1, -0.05) is 0 Å². The quantitative estimate of drug-likeness (QED) is 0.600. The maximum Gasteiger partial charge on any atom is 0.341 e. The smallest absolute Gasteiger partial charge is 0.341 e. The van der Waals surface area contributed by atoms with Crippen LogP contribution in [0.5, 0.6) is 5.88 Å². The summed E-state index contributed by atoms with van der Waals surface area (Å²) in [5.41, 5.74) is 2.08. The first-order valence-corrected chi connectivity index (χ1v) is 10.3. The highest BCUT2D eigenvalue weighted by Crippen LogP contribution is 2.31. The van der Waals surface area contributed by atoms with E-state index in [-0.39, 0.29) is 25.0 Å². The summed E-state index contributed by atoms with van der Waals surface area (Å²) in [4.78, 5) is 26.5. The van der Waals surface area contributed by atoms with Gasteiger partial charge in [-0.2, -0.15) is 19.6 Å². The molecule has 1 fully saturated rings. The Kier molecular flexibility index (Phi) is 5.19. The third kappa shape index (κ3) is 3.88. The molecule has 0 N–H and O–H groups in total. The van der Waals surface area contributed by atoms with Gasteiger partial charge < -0.3 is 9.64 Å². The second-order valence-corrected chi connectivity index (χ2v) is 7.90. The van der Waals surface area contributed by atoms with Crippen LogP contribution >= 0.6 is 0 Å². The molecule has 2 aliphatic heterocycles. The Morgan fingerprint density at radius 1 is 1.18 bits per heavy atom. The SMILES string of the molecule is Cc1cnn(C)c1-c1ncc(F)c(OC2CN(C(=O)N3N=CC[C@H]3c3cncc(F)c3)C2)n1. The van der Waals surface area contributed by atoms with Crippen LogP contribution in [-0.2, 0) is 7.05 Å². The van der Waals surface area contributed by atoms with Crippen molar-refractivity contribution in [2.45, 2.75) is 25.5 Å². The number of urea groups is 1. The molecule has 0 aliphatic carbocycles. The summed E-state index contributed by atoms with van der Waals surface area (Å²) in [6.07, 6.45) is 7.00. The molecule has 2 amide bonds. The number of nitrogens with zero attached hydrogens (tertiary/aromatic N) is 8. The Morgan fingerprint density at radius 3 is 2.73 bits per heavy atom. The molecule has 0 saturated carbocycles. The molecule has 1 atom stereocenters. The second-order valence-electron chi connectivity index (χ2n) is 7.90. The number of hydrazone groups is 1. The van der Waals surface area contributed by atoms with Crippen molar-refractivity contribution in [1.29, 1.82) is 0 Å². The number of halogens is 2. The van der Waals surface area contributed by atoms with Crippen LogP contribution in [0, 0.1) is 18.6 Å². The van der Waals surface area contributed by atoms with Gasteiger partial charge in [-0.3, -0.25) is 9.67 Å². The molecule has 5 rings (SSSR count). The average molecular weight is 454 g/mol. The number of rotatable bonds is 4. The van der Waals surface area contributed by atoms with Crippen molar-refractivity contribution in [1.82, 2.24) is 34.6 Å². The molecule has 0 aromatic carbocycles. The van der Waals surface area contributed by atoms with E-state index in [0.29, 0.717) is 23.5 Å². The first kappa shape index (κ1) is 20.9. The van der Waals surface area contributed by atoms with E-state index < -0.39 is 23.8 Å². The van der Waals surface area contributed by atoms with Crippen molar-refractivity contribution in [3.8, 4) is 17.4 Å². The Hall–Kier alpha value is -3.96. The summed E-state index contributed by atoms with van der Waals surface area (Å²) in [5.74, 6) is -1.04. The van der Waals surface area contributed by atoms with Crippen LogP contribution in [0.25, 0.3) is 11.5 Å². The third-order valence-electron chi connectivity index (χ3n) is 5.58.